The summed E-state index contributed by atoms with van der Waals surface area (Å²) in [4.78, 5) is 12.6. The van der Waals surface area contributed by atoms with Crippen molar-refractivity contribution >= 4 is 21.8 Å². The SMILES string of the molecule is CCc1cc(C(=O)NCC(Br)C(CC)CC)n(CC)n1. The Balaban J connectivity index is 2.65. The van der Waals surface area contributed by atoms with Gasteiger partial charge in [-0.15, -0.1) is 0 Å². The van der Waals surface area contributed by atoms with Crippen molar-refractivity contribution in [2.24, 2.45) is 5.92 Å². The highest BCUT2D eigenvalue weighted by Gasteiger charge is 2.18. The molecule has 0 aliphatic heterocycles. The number of aromatic nitrogens is 2. The fraction of sp³-hybridized carbons (Fsp3) is 0.733. The van der Waals surface area contributed by atoms with Gasteiger partial charge in [0.15, 0.2) is 0 Å². The molecule has 1 rings (SSSR count). The Morgan fingerprint density at radius 2 is 2.00 bits per heavy atom. The van der Waals surface area contributed by atoms with Crippen LogP contribution in [0.3, 0.4) is 0 Å². The number of rotatable bonds is 8. The highest BCUT2D eigenvalue weighted by molar-refractivity contribution is 9.09. The van der Waals surface area contributed by atoms with Crippen molar-refractivity contribution in [3.8, 4) is 0 Å². The Bertz CT molecular complexity index is 427. The van der Waals surface area contributed by atoms with Crippen molar-refractivity contribution in [2.75, 3.05) is 6.54 Å². The number of carbonyl (C=O) groups excluding carboxylic acids is 1. The first-order valence-corrected chi connectivity index (χ1v) is 8.47. The Morgan fingerprint density at radius 1 is 1.35 bits per heavy atom. The molecule has 1 heterocycles. The van der Waals surface area contributed by atoms with Gasteiger partial charge in [0.25, 0.3) is 5.91 Å². The van der Waals surface area contributed by atoms with Gasteiger partial charge >= 0.3 is 0 Å². The lowest BCUT2D eigenvalue weighted by Gasteiger charge is -2.19. The van der Waals surface area contributed by atoms with Crippen LogP contribution < -0.4 is 5.32 Å². The lowest BCUT2D eigenvalue weighted by atomic mass is 9.99. The minimum absolute atomic E-state index is 0.0329. The van der Waals surface area contributed by atoms with Crippen LogP contribution >= 0.6 is 15.9 Å². The zero-order valence-electron chi connectivity index (χ0n) is 12.9. The second-order valence-corrected chi connectivity index (χ2v) is 6.17. The third kappa shape index (κ3) is 4.33. The number of halogens is 1. The molecule has 20 heavy (non-hydrogen) atoms. The molecular weight excluding hydrogens is 318 g/mol. The average Bonchev–Trinajstić information content (AvgIpc) is 2.89. The predicted molar refractivity (Wildman–Crippen MR) is 86.4 cm³/mol. The molecule has 114 valence electrons. The van der Waals surface area contributed by atoms with E-state index in [-0.39, 0.29) is 5.91 Å². The van der Waals surface area contributed by atoms with Gasteiger partial charge in [0, 0.05) is 17.9 Å². The van der Waals surface area contributed by atoms with E-state index in [1.54, 1.807) is 4.68 Å². The van der Waals surface area contributed by atoms with Gasteiger partial charge in [0.05, 0.1) is 5.69 Å². The predicted octanol–water partition coefficient (Wildman–Crippen LogP) is 3.39. The molecule has 0 fully saturated rings. The van der Waals surface area contributed by atoms with Gasteiger partial charge in [0.2, 0.25) is 0 Å². The second-order valence-electron chi connectivity index (χ2n) is 4.99. The Labute approximate surface area is 130 Å². The Hall–Kier alpha value is -0.840. The standard InChI is InChI=1S/C15H26BrN3O/c1-5-11(6-2)13(16)10-17-15(20)14-9-12(7-3)18-19(14)8-4/h9,11,13H,5-8,10H2,1-4H3,(H,17,20). The van der Waals surface area contributed by atoms with Gasteiger partial charge in [-0.2, -0.15) is 5.10 Å². The number of hydrogen-bond acceptors (Lipinski definition) is 2. The largest absolute Gasteiger partial charge is 0.350 e. The highest BCUT2D eigenvalue weighted by Crippen LogP contribution is 2.19. The summed E-state index contributed by atoms with van der Waals surface area (Å²) in [5.41, 5.74) is 1.63. The monoisotopic (exact) mass is 343 g/mol. The van der Waals surface area contributed by atoms with Gasteiger partial charge < -0.3 is 5.32 Å². The number of aryl methyl sites for hydroxylation is 2. The maximum atomic E-state index is 12.3. The molecule has 0 aliphatic carbocycles. The van der Waals surface area contributed by atoms with Gasteiger partial charge in [-0.25, -0.2) is 0 Å². The minimum Gasteiger partial charge on any atom is -0.350 e. The van der Waals surface area contributed by atoms with Crippen molar-refractivity contribution in [2.45, 2.75) is 58.3 Å². The molecule has 5 heteroatoms. The fourth-order valence-corrected chi connectivity index (χ4v) is 3.22. The molecule has 1 aromatic heterocycles. The molecule has 0 bridgehead atoms. The summed E-state index contributed by atoms with van der Waals surface area (Å²) in [5, 5.41) is 7.42. The Morgan fingerprint density at radius 3 is 2.50 bits per heavy atom. The molecule has 0 saturated heterocycles. The van der Waals surface area contributed by atoms with Crippen LogP contribution in [-0.2, 0) is 13.0 Å². The lowest BCUT2D eigenvalue weighted by molar-refractivity contribution is 0.0941. The molecule has 0 aromatic carbocycles. The summed E-state index contributed by atoms with van der Waals surface area (Å²) in [7, 11) is 0. The van der Waals surface area contributed by atoms with Crippen molar-refractivity contribution in [1.29, 1.82) is 0 Å². The number of hydrogen-bond donors (Lipinski definition) is 1. The van der Waals surface area contributed by atoms with Crippen LogP contribution in [0.1, 0.15) is 56.7 Å². The second kappa shape index (κ2) is 8.45. The van der Waals surface area contributed by atoms with E-state index in [0.29, 0.717) is 29.5 Å². The average molecular weight is 344 g/mol. The summed E-state index contributed by atoms with van der Waals surface area (Å²) < 4.78 is 1.77. The minimum atomic E-state index is -0.0329. The van der Waals surface area contributed by atoms with Crippen LogP contribution in [0, 0.1) is 5.92 Å². The third-order valence-electron chi connectivity index (χ3n) is 3.74. The molecule has 1 amide bonds. The molecule has 0 aliphatic rings. The first-order chi connectivity index (χ1) is 9.57. The Kier molecular flexibility index (Phi) is 7.27. The molecular formula is C15H26BrN3O. The van der Waals surface area contributed by atoms with Gasteiger partial charge in [-0.1, -0.05) is 49.5 Å². The molecule has 1 unspecified atom stereocenters. The van der Waals surface area contributed by atoms with E-state index in [4.69, 9.17) is 0 Å². The van der Waals surface area contributed by atoms with Crippen LogP contribution in [0.4, 0.5) is 0 Å². The summed E-state index contributed by atoms with van der Waals surface area (Å²) in [5.74, 6) is 0.562. The number of amides is 1. The number of nitrogens with one attached hydrogen (secondary N) is 1. The third-order valence-corrected chi connectivity index (χ3v) is 4.81. The van der Waals surface area contributed by atoms with Gasteiger partial charge in [-0.3, -0.25) is 9.48 Å². The highest BCUT2D eigenvalue weighted by atomic mass is 79.9. The van der Waals surface area contributed by atoms with Crippen LogP contribution in [-0.4, -0.2) is 27.1 Å². The first-order valence-electron chi connectivity index (χ1n) is 7.56. The quantitative estimate of drug-likeness (QED) is 0.735. The lowest BCUT2D eigenvalue weighted by Crippen LogP contribution is -2.34. The molecule has 0 spiro atoms. The number of carbonyl (C=O) groups is 1. The maximum Gasteiger partial charge on any atom is 0.269 e. The molecule has 1 N–H and O–H groups in total. The first kappa shape index (κ1) is 17.2. The van der Waals surface area contributed by atoms with Gasteiger partial charge in [0.1, 0.15) is 5.69 Å². The summed E-state index contributed by atoms with van der Waals surface area (Å²) >= 11 is 3.68. The number of nitrogens with zero attached hydrogens (tertiary/aromatic N) is 2. The molecule has 1 aromatic rings. The molecule has 0 radical (unpaired) electrons. The normalized spacial score (nSPS) is 12.7. The van der Waals surface area contributed by atoms with Crippen molar-refractivity contribution in [1.82, 2.24) is 15.1 Å². The molecule has 1 atom stereocenters. The van der Waals surface area contributed by atoms with Crippen molar-refractivity contribution in [3.05, 3.63) is 17.5 Å². The molecule has 0 saturated carbocycles. The number of alkyl halides is 1. The van der Waals surface area contributed by atoms with E-state index in [1.165, 1.54) is 0 Å². The van der Waals surface area contributed by atoms with E-state index < -0.39 is 0 Å². The van der Waals surface area contributed by atoms with E-state index >= 15 is 0 Å². The van der Waals surface area contributed by atoms with E-state index in [2.05, 4.69) is 40.2 Å². The van der Waals surface area contributed by atoms with Crippen LogP contribution in [0.25, 0.3) is 0 Å². The van der Waals surface area contributed by atoms with E-state index in [0.717, 1.165) is 25.0 Å². The van der Waals surface area contributed by atoms with Crippen molar-refractivity contribution < 1.29 is 4.79 Å². The fourth-order valence-electron chi connectivity index (χ4n) is 2.31. The maximum absolute atomic E-state index is 12.3. The topological polar surface area (TPSA) is 46.9 Å². The summed E-state index contributed by atoms with van der Waals surface area (Å²) in [6.07, 6.45) is 3.09. The van der Waals surface area contributed by atoms with Crippen molar-refractivity contribution in [3.63, 3.8) is 0 Å². The van der Waals surface area contributed by atoms with Crippen LogP contribution in [0.2, 0.25) is 0 Å². The van der Waals surface area contributed by atoms with E-state index in [1.807, 2.05) is 19.9 Å². The van der Waals surface area contributed by atoms with Crippen LogP contribution in [0.15, 0.2) is 6.07 Å². The zero-order chi connectivity index (χ0) is 15.1. The summed E-state index contributed by atoms with van der Waals surface area (Å²) in [6.45, 7) is 9.79. The van der Waals surface area contributed by atoms with Gasteiger partial charge in [-0.05, 0) is 25.3 Å². The van der Waals surface area contributed by atoms with E-state index in [9.17, 15) is 4.79 Å². The zero-order valence-corrected chi connectivity index (χ0v) is 14.5. The van der Waals surface area contributed by atoms with Crippen LogP contribution in [0.5, 0.6) is 0 Å². The summed E-state index contributed by atoms with van der Waals surface area (Å²) in [6, 6.07) is 1.89. The molecule has 4 nitrogen and oxygen atoms in total. The smallest absolute Gasteiger partial charge is 0.269 e.